The lowest BCUT2D eigenvalue weighted by Gasteiger charge is -1.94. The molecule has 4 heterocycles. The lowest BCUT2D eigenvalue weighted by atomic mass is 10.1. The number of nitrogens with zero attached hydrogens (tertiary/aromatic N) is 1. The van der Waals surface area contributed by atoms with Crippen LogP contribution in [0.2, 0.25) is 0 Å². The predicted octanol–water partition coefficient (Wildman–Crippen LogP) is 7.90. The standard InChI is InChI=1S/C23H14N2S3/c1-2-7-15-14(6-1)21(18-10-5-13-26-18)28-22(15)19-11-12-20(27-19)23-24-16-8-3-4-9-17(16)25-23/h1-13H,(H,24,25). The molecule has 0 amide bonds. The first-order valence-electron chi connectivity index (χ1n) is 8.97. The van der Waals surface area contributed by atoms with Gasteiger partial charge in [-0.3, -0.25) is 0 Å². The second-order valence-electron chi connectivity index (χ2n) is 6.55. The van der Waals surface area contributed by atoms with Crippen LogP contribution in [0.5, 0.6) is 0 Å². The number of rotatable bonds is 3. The first-order valence-corrected chi connectivity index (χ1v) is 11.5. The van der Waals surface area contributed by atoms with Gasteiger partial charge >= 0.3 is 0 Å². The first kappa shape index (κ1) is 16.2. The van der Waals surface area contributed by atoms with E-state index in [4.69, 9.17) is 4.98 Å². The summed E-state index contributed by atoms with van der Waals surface area (Å²) in [7, 11) is 0. The summed E-state index contributed by atoms with van der Waals surface area (Å²) in [6, 6.07) is 25.6. The van der Waals surface area contributed by atoms with Gasteiger partial charge in [0.15, 0.2) is 0 Å². The van der Waals surface area contributed by atoms with Gasteiger partial charge in [-0.25, -0.2) is 4.98 Å². The van der Waals surface area contributed by atoms with Crippen LogP contribution in [-0.4, -0.2) is 9.97 Å². The first-order chi connectivity index (χ1) is 13.9. The highest BCUT2D eigenvalue weighted by Crippen LogP contribution is 2.47. The van der Waals surface area contributed by atoms with E-state index in [1.165, 1.54) is 35.2 Å². The summed E-state index contributed by atoms with van der Waals surface area (Å²) in [4.78, 5) is 14.7. The van der Waals surface area contributed by atoms with E-state index in [9.17, 15) is 0 Å². The summed E-state index contributed by atoms with van der Waals surface area (Å²) in [6.07, 6.45) is 0. The molecule has 0 radical (unpaired) electrons. The van der Waals surface area contributed by atoms with Crippen molar-refractivity contribution in [3.8, 4) is 30.2 Å². The minimum Gasteiger partial charge on any atom is -0.337 e. The van der Waals surface area contributed by atoms with E-state index < -0.39 is 0 Å². The molecule has 28 heavy (non-hydrogen) atoms. The van der Waals surface area contributed by atoms with Crippen molar-refractivity contribution in [1.82, 2.24) is 9.97 Å². The van der Waals surface area contributed by atoms with Crippen molar-refractivity contribution in [2.75, 3.05) is 0 Å². The van der Waals surface area contributed by atoms with Crippen LogP contribution >= 0.6 is 34.0 Å². The minimum atomic E-state index is 0.941. The fourth-order valence-corrected chi connectivity index (χ4v) is 6.74. The Hall–Kier alpha value is -2.73. The Balaban J connectivity index is 1.50. The van der Waals surface area contributed by atoms with Gasteiger partial charge in [-0.1, -0.05) is 42.5 Å². The molecule has 6 aromatic rings. The van der Waals surface area contributed by atoms with E-state index >= 15 is 0 Å². The number of fused-ring (bicyclic) bond motifs is 2. The molecule has 0 saturated carbocycles. The SMILES string of the molecule is c1csc(-c2sc(-c3ccc(-c4nc5ccccc5[nH]4)s3)c3ccccc23)c1. The third-order valence-corrected chi connectivity index (χ3v) is 8.36. The van der Waals surface area contributed by atoms with Gasteiger partial charge in [0, 0.05) is 20.5 Å². The average Bonchev–Trinajstić information content (AvgIpc) is 3.52. The zero-order valence-corrected chi connectivity index (χ0v) is 17.1. The highest BCUT2D eigenvalue weighted by Gasteiger charge is 2.17. The number of para-hydroxylation sites is 2. The number of benzene rings is 2. The maximum Gasteiger partial charge on any atom is 0.148 e. The molecule has 0 aliphatic rings. The molecule has 0 saturated heterocycles. The molecule has 6 rings (SSSR count). The van der Waals surface area contributed by atoms with Crippen molar-refractivity contribution in [2.24, 2.45) is 0 Å². The molecule has 0 atom stereocenters. The third kappa shape index (κ3) is 2.55. The average molecular weight is 415 g/mol. The smallest absolute Gasteiger partial charge is 0.148 e. The van der Waals surface area contributed by atoms with E-state index in [2.05, 4.69) is 65.0 Å². The normalized spacial score (nSPS) is 11.6. The Morgan fingerprint density at radius 1 is 0.643 bits per heavy atom. The molecule has 0 bridgehead atoms. The molecular formula is C23H14N2S3. The number of imidazole rings is 1. The summed E-state index contributed by atoms with van der Waals surface area (Å²) >= 11 is 5.49. The summed E-state index contributed by atoms with van der Waals surface area (Å²) < 4.78 is 0. The molecule has 4 aromatic heterocycles. The largest absolute Gasteiger partial charge is 0.337 e. The second kappa shape index (κ2) is 6.41. The molecule has 0 unspecified atom stereocenters. The van der Waals surface area contributed by atoms with E-state index in [0.717, 1.165) is 16.9 Å². The van der Waals surface area contributed by atoms with Crippen LogP contribution in [0.15, 0.2) is 78.2 Å². The number of H-pyrrole nitrogens is 1. The highest BCUT2D eigenvalue weighted by atomic mass is 32.1. The Labute approximate surface area is 173 Å². The fraction of sp³-hybridized carbons (Fsp3) is 0. The van der Waals surface area contributed by atoms with Gasteiger partial charge in [0.2, 0.25) is 0 Å². The number of hydrogen-bond acceptors (Lipinski definition) is 4. The Morgan fingerprint density at radius 2 is 1.39 bits per heavy atom. The van der Waals surface area contributed by atoms with Crippen LogP contribution in [0, 0.1) is 0 Å². The summed E-state index contributed by atoms with van der Waals surface area (Å²) in [6.45, 7) is 0. The van der Waals surface area contributed by atoms with Gasteiger partial charge < -0.3 is 4.98 Å². The topological polar surface area (TPSA) is 28.7 Å². The van der Waals surface area contributed by atoms with Crippen LogP contribution in [0.1, 0.15) is 0 Å². The molecule has 1 N–H and O–H groups in total. The van der Waals surface area contributed by atoms with Gasteiger partial charge in [-0.2, -0.15) is 0 Å². The monoisotopic (exact) mass is 414 g/mol. The Kier molecular flexibility index (Phi) is 3.72. The van der Waals surface area contributed by atoms with Gasteiger partial charge in [-0.15, -0.1) is 34.0 Å². The van der Waals surface area contributed by atoms with Crippen molar-refractivity contribution in [1.29, 1.82) is 0 Å². The highest BCUT2D eigenvalue weighted by molar-refractivity contribution is 7.28. The van der Waals surface area contributed by atoms with Gasteiger partial charge in [0.25, 0.3) is 0 Å². The summed E-state index contributed by atoms with van der Waals surface area (Å²) in [5.41, 5.74) is 2.09. The van der Waals surface area contributed by atoms with Crippen molar-refractivity contribution < 1.29 is 0 Å². The van der Waals surface area contributed by atoms with Gasteiger partial charge in [0.1, 0.15) is 5.82 Å². The van der Waals surface area contributed by atoms with Gasteiger partial charge in [-0.05, 0) is 35.7 Å². The van der Waals surface area contributed by atoms with Crippen LogP contribution in [-0.2, 0) is 0 Å². The van der Waals surface area contributed by atoms with Crippen LogP contribution in [0.3, 0.4) is 0 Å². The molecule has 0 aliphatic heterocycles. The number of thiophene rings is 3. The summed E-state index contributed by atoms with van der Waals surface area (Å²) in [5.74, 6) is 0.941. The van der Waals surface area contributed by atoms with Gasteiger partial charge in [0.05, 0.1) is 25.7 Å². The molecule has 134 valence electrons. The maximum absolute atomic E-state index is 4.76. The predicted molar refractivity (Wildman–Crippen MR) is 124 cm³/mol. The lowest BCUT2D eigenvalue weighted by molar-refractivity contribution is 1.36. The van der Waals surface area contributed by atoms with Crippen molar-refractivity contribution in [3.05, 3.63) is 78.2 Å². The van der Waals surface area contributed by atoms with E-state index in [0.29, 0.717) is 0 Å². The number of nitrogens with one attached hydrogen (secondary N) is 1. The third-order valence-electron chi connectivity index (χ3n) is 4.82. The van der Waals surface area contributed by atoms with Crippen LogP contribution < -0.4 is 0 Å². The van der Waals surface area contributed by atoms with Crippen molar-refractivity contribution in [2.45, 2.75) is 0 Å². The van der Waals surface area contributed by atoms with E-state index in [1.807, 2.05) is 29.5 Å². The zero-order valence-electron chi connectivity index (χ0n) is 14.7. The second-order valence-corrected chi connectivity index (χ2v) is 9.60. The quantitative estimate of drug-likeness (QED) is 0.313. The molecule has 0 aliphatic carbocycles. The molecule has 0 fully saturated rings. The fourth-order valence-electron chi connectivity index (χ4n) is 3.52. The number of aromatic amines is 1. The molecular weight excluding hydrogens is 400 g/mol. The lowest BCUT2D eigenvalue weighted by Crippen LogP contribution is -1.72. The van der Waals surface area contributed by atoms with Crippen molar-refractivity contribution in [3.63, 3.8) is 0 Å². The van der Waals surface area contributed by atoms with E-state index in [-0.39, 0.29) is 0 Å². The minimum absolute atomic E-state index is 0.941. The molecule has 5 heteroatoms. The molecule has 2 aromatic carbocycles. The number of aromatic nitrogens is 2. The van der Waals surface area contributed by atoms with Crippen LogP contribution in [0.25, 0.3) is 52.0 Å². The van der Waals surface area contributed by atoms with Crippen molar-refractivity contribution >= 4 is 55.8 Å². The maximum atomic E-state index is 4.76. The summed E-state index contributed by atoms with van der Waals surface area (Å²) in [5, 5.41) is 4.81. The Bertz CT molecular complexity index is 1380. The van der Waals surface area contributed by atoms with Crippen LogP contribution in [0.4, 0.5) is 0 Å². The molecule has 2 nitrogen and oxygen atoms in total. The number of hydrogen-bond donors (Lipinski definition) is 1. The zero-order chi connectivity index (χ0) is 18.5. The van der Waals surface area contributed by atoms with E-state index in [1.54, 1.807) is 22.7 Å². The molecule has 0 spiro atoms. The Morgan fingerprint density at radius 3 is 2.18 bits per heavy atom.